The molecule has 1 N–H and O–H groups in total. The Hall–Kier alpha value is -2.33. The van der Waals surface area contributed by atoms with E-state index in [1.807, 2.05) is 31.2 Å². The normalized spacial score (nSPS) is 14.1. The summed E-state index contributed by atoms with van der Waals surface area (Å²) in [5, 5.41) is 3.41. The van der Waals surface area contributed by atoms with E-state index in [1.54, 1.807) is 23.1 Å². The fourth-order valence-electron chi connectivity index (χ4n) is 2.85. The van der Waals surface area contributed by atoms with Crippen LogP contribution in [-0.4, -0.2) is 18.4 Å². The standard InChI is InChI=1S/C19H19ClN2O2/c1-13-5-2-3-6-15(13)12-21-19(24)14-8-9-16(20)17(11-14)22-10-4-7-18(22)23/h2-3,5-6,8-9,11H,4,7,10,12H2,1H3,(H,21,24). The van der Waals surface area contributed by atoms with Crippen molar-refractivity contribution in [3.05, 3.63) is 64.2 Å². The second kappa shape index (κ2) is 7.05. The third kappa shape index (κ3) is 3.44. The van der Waals surface area contributed by atoms with Crippen molar-refractivity contribution in [1.29, 1.82) is 0 Å². The van der Waals surface area contributed by atoms with E-state index in [4.69, 9.17) is 11.6 Å². The predicted molar refractivity (Wildman–Crippen MR) is 95.4 cm³/mol. The van der Waals surface area contributed by atoms with Crippen LogP contribution < -0.4 is 10.2 Å². The van der Waals surface area contributed by atoms with E-state index >= 15 is 0 Å². The van der Waals surface area contributed by atoms with Crippen LogP contribution in [0.3, 0.4) is 0 Å². The zero-order valence-corrected chi connectivity index (χ0v) is 14.3. The van der Waals surface area contributed by atoms with E-state index in [1.165, 1.54) is 0 Å². The minimum Gasteiger partial charge on any atom is -0.348 e. The van der Waals surface area contributed by atoms with Gasteiger partial charge in [-0.15, -0.1) is 0 Å². The summed E-state index contributed by atoms with van der Waals surface area (Å²) in [4.78, 5) is 26.0. The van der Waals surface area contributed by atoms with Gasteiger partial charge in [0.1, 0.15) is 0 Å². The maximum absolute atomic E-state index is 12.4. The number of nitrogens with one attached hydrogen (secondary N) is 1. The first-order valence-electron chi connectivity index (χ1n) is 7.99. The number of amides is 2. The molecule has 0 aromatic heterocycles. The smallest absolute Gasteiger partial charge is 0.251 e. The van der Waals surface area contributed by atoms with Gasteiger partial charge < -0.3 is 10.2 Å². The largest absolute Gasteiger partial charge is 0.348 e. The lowest BCUT2D eigenvalue weighted by Crippen LogP contribution is -2.26. The minimum absolute atomic E-state index is 0.0503. The van der Waals surface area contributed by atoms with Crippen molar-refractivity contribution in [3.8, 4) is 0 Å². The van der Waals surface area contributed by atoms with Crippen molar-refractivity contribution in [2.24, 2.45) is 0 Å². The number of aryl methyl sites for hydroxylation is 1. The lowest BCUT2D eigenvalue weighted by molar-refractivity contribution is -0.117. The van der Waals surface area contributed by atoms with Crippen LogP contribution in [0.15, 0.2) is 42.5 Å². The molecule has 0 radical (unpaired) electrons. The Bertz CT molecular complexity index is 789. The first kappa shape index (κ1) is 16.5. The highest BCUT2D eigenvalue weighted by molar-refractivity contribution is 6.34. The summed E-state index contributed by atoms with van der Waals surface area (Å²) in [6, 6.07) is 13.0. The van der Waals surface area contributed by atoms with E-state index in [0.29, 0.717) is 35.8 Å². The molecule has 2 aromatic carbocycles. The maximum Gasteiger partial charge on any atom is 0.251 e. The van der Waals surface area contributed by atoms with Crippen molar-refractivity contribution >= 4 is 29.1 Å². The summed E-state index contributed by atoms with van der Waals surface area (Å²) in [7, 11) is 0. The molecule has 0 aliphatic carbocycles. The lowest BCUT2D eigenvalue weighted by Gasteiger charge is -2.18. The molecule has 1 aliphatic heterocycles. The van der Waals surface area contributed by atoms with Crippen LogP contribution in [0.5, 0.6) is 0 Å². The quantitative estimate of drug-likeness (QED) is 0.920. The van der Waals surface area contributed by atoms with Gasteiger partial charge in [0, 0.05) is 25.1 Å². The first-order chi connectivity index (χ1) is 11.6. The molecule has 0 unspecified atom stereocenters. The second-order valence-corrected chi connectivity index (χ2v) is 6.33. The van der Waals surface area contributed by atoms with Gasteiger partial charge in [0.15, 0.2) is 0 Å². The molecule has 4 nitrogen and oxygen atoms in total. The molecule has 2 aromatic rings. The van der Waals surface area contributed by atoms with Gasteiger partial charge in [0.05, 0.1) is 10.7 Å². The number of halogens is 1. The van der Waals surface area contributed by atoms with Gasteiger partial charge in [-0.25, -0.2) is 0 Å². The monoisotopic (exact) mass is 342 g/mol. The van der Waals surface area contributed by atoms with E-state index in [-0.39, 0.29) is 11.8 Å². The summed E-state index contributed by atoms with van der Waals surface area (Å²) in [6.45, 7) is 3.12. The second-order valence-electron chi connectivity index (χ2n) is 5.92. The number of hydrogen-bond donors (Lipinski definition) is 1. The van der Waals surface area contributed by atoms with Crippen molar-refractivity contribution in [2.45, 2.75) is 26.3 Å². The Balaban J connectivity index is 1.75. The Labute approximate surface area is 146 Å². The average Bonchev–Trinajstić information content (AvgIpc) is 3.00. The van der Waals surface area contributed by atoms with Gasteiger partial charge >= 0.3 is 0 Å². The van der Waals surface area contributed by atoms with Crippen LogP contribution in [0, 0.1) is 6.92 Å². The first-order valence-corrected chi connectivity index (χ1v) is 8.36. The zero-order chi connectivity index (χ0) is 17.1. The summed E-state index contributed by atoms with van der Waals surface area (Å²) in [6.07, 6.45) is 1.35. The summed E-state index contributed by atoms with van der Waals surface area (Å²) in [5.74, 6) is -0.128. The molecule has 2 amide bonds. The molecule has 5 heteroatoms. The molecule has 0 bridgehead atoms. The fraction of sp³-hybridized carbons (Fsp3) is 0.263. The van der Waals surface area contributed by atoms with E-state index < -0.39 is 0 Å². The summed E-state index contributed by atoms with van der Waals surface area (Å²) < 4.78 is 0. The lowest BCUT2D eigenvalue weighted by atomic mass is 10.1. The Morgan fingerprint density at radius 1 is 1.25 bits per heavy atom. The Morgan fingerprint density at radius 2 is 2.04 bits per heavy atom. The number of benzene rings is 2. The van der Waals surface area contributed by atoms with Gasteiger partial charge in [0.25, 0.3) is 5.91 Å². The molecule has 1 heterocycles. The zero-order valence-electron chi connectivity index (χ0n) is 13.5. The number of anilines is 1. The topological polar surface area (TPSA) is 49.4 Å². The van der Waals surface area contributed by atoms with Crippen molar-refractivity contribution in [2.75, 3.05) is 11.4 Å². The molecule has 3 rings (SSSR count). The molecule has 1 saturated heterocycles. The van der Waals surface area contributed by atoms with Gasteiger partial charge in [-0.05, 0) is 42.7 Å². The predicted octanol–water partition coefficient (Wildman–Crippen LogP) is 3.71. The van der Waals surface area contributed by atoms with Crippen LogP contribution in [0.4, 0.5) is 5.69 Å². The van der Waals surface area contributed by atoms with Crippen LogP contribution in [-0.2, 0) is 11.3 Å². The number of carbonyl (C=O) groups is 2. The minimum atomic E-state index is -0.178. The number of hydrogen-bond acceptors (Lipinski definition) is 2. The molecule has 0 saturated carbocycles. The SMILES string of the molecule is Cc1ccccc1CNC(=O)c1ccc(Cl)c(N2CCCC2=O)c1. The van der Waals surface area contributed by atoms with Gasteiger partial charge in [-0.1, -0.05) is 35.9 Å². The van der Waals surface area contributed by atoms with Crippen molar-refractivity contribution in [3.63, 3.8) is 0 Å². The van der Waals surface area contributed by atoms with Crippen molar-refractivity contribution < 1.29 is 9.59 Å². The molecular formula is C19H19ClN2O2. The van der Waals surface area contributed by atoms with Crippen LogP contribution >= 0.6 is 11.6 Å². The molecule has 0 spiro atoms. The van der Waals surface area contributed by atoms with Gasteiger partial charge in [-0.2, -0.15) is 0 Å². The van der Waals surface area contributed by atoms with E-state index in [9.17, 15) is 9.59 Å². The van der Waals surface area contributed by atoms with Crippen LogP contribution in [0.1, 0.15) is 34.3 Å². The van der Waals surface area contributed by atoms with Crippen molar-refractivity contribution in [1.82, 2.24) is 5.32 Å². The molecule has 24 heavy (non-hydrogen) atoms. The average molecular weight is 343 g/mol. The molecular weight excluding hydrogens is 324 g/mol. The highest BCUT2D eigenvalue weighted by Crippen LogP contribution is 2.30. The van der Waals surface area contributed by atoms with Crippen LogP contribution in [0.2, 0.25) is 5.02 Å². The maximum atomic E-state index is 12.4. The highest BCUT2D eigenvalue weighted by atomic mass is 35.5. The third-order valence-corrected chi connectivity index (χ3v) is 4.59. The molecule has 124 valence electrons. The summed E-state index contributed by atoms with van der Waals surface area (Å²) >= 11 is 6.21. The Kier molecular flexibility index (Phi) is 4.86. The Morgan fingerprint density at radius 3 is 2.75 bits per heavy atom. The third-order valence-electron chi connectivity index (χ3n) is 4.27. The molecule has 0 atom stereocenters. The van der Waals surface area contributed by atoms with E-state index in [0.717, 1.165) is 17.5 Å². The fourth-order valence-corrected chi connectivity index (χ4v) is 3.07. The van der Waals surface area contributed by atoms with Gasteiger partial charge in [-0.3, -0.25) is 9.59 Å². The number of carbonyl (C=O) groups excluding carboxylic acids is 2. The number of rotatable bonds is 4. The van der Waals surface area contributed by atoms with Crippen LogP contribution in [0.25, 0.3) is 0 Å². The number of nitrogens with zero attached hydrogens (tertiary/aromatic N) is 1. The van der Waals surface area contributed by atoms with E-state index in [2.05, 4.69) is 5.32 Å². The molecule has 1 aliphatic rings. The molecule has 1 fully saturated rings. The highest BCUT2D eigenvalue weighted by Gasteiger charge is 2.24. The van der Waals surface area contributed by atoms with Gasteiger partial charge in [0.2, 0.25) is 5.91 Å². The summed E-state index contributed by atoms with van der Waals surface area (Å²) in [5.41, 5.74) is 3.33.